The lowest BCUT2D eigenvalue weighted by atomic mass is 9.95. The second kappa shape index (κ2) is 8.54. The van der Waals surface area contributed by atoms with E-state index in [-0.39, 0.29) is 0 Å². The van der Waals surface area contributed by atoms with Crippen LogP contribution in [-0.2, 0) is 6.54 Å². The number of thioether (sulfide) groups is 1. The highest BCUT2D eigenvalue weighted by molar-refractivity contribution is 7.99. The number of hydrogen-bond donors (Lipinski definition) is 1. The molecule has 1 aliphatic rings. The minimum absolute atomic E-state index is 0.633. The SMILES string of the molecule is CCOc1cccc(CNC2CCC(SC)CC2)c1OC. The van der Waals surface area contributed by atoms with E-state index < -0.39 is 0 Å². The fourth-order valence-corrected chi connectivity index (χ4v) is 3.70. The normalized spacial score (nSPS) is 22.0. The fraction of sp³-hybridized carbons (Fsp3) is 0.647. The number of hydrogen-bond acceptors (Lipinski definition) is 4. The number of para-hydroxylation sites is 1. The van der Waals surface area contributed by atoms with Gasteiger partial charge in [-0.25, -0.2) is 0 Å². The lowest BCUT2D eigenvalue weighted by Gasteiger charge is -2.28. The highest BCUT2D eigenvalue weighted by atomic mass is 32.2. The third-order valence-corrected chi connectivity index (χ3v) is 5.29. The standard InChI is InChI=1S/C17H27NO2S/c1-4-20-16-7-5-6-13(17(16)19-2)12-18-14-8-10-15(21-3)11-9-14/h5-7,14-15,18H,4,8-12H2,1-3H3. The van der Waals surface area contributed by atoms with Crippen molar-refractivity contribution in [3.63, 3.8) is 0 Å². The monoisotopic (exact) mass is 309 g/mol. The van der Waals surface area contributed by atoms with Crippen LogP contribution in [-0.4, -0.2) is 31.3 Å². The predicted octanol–water partition coefficient (Wildman–Crippen LogP) is 3.86. The number of rotatable bonds is 7. The lowest BCUT2D eigenvalue weighted by molar-refractivity contribution is 0.307. The number of methoxy groups -OCH3 is 1. The van der Waals surface area contributed by atoms with E-state index in [4.69, 9.17) is 9.47 Å². The Bertz CT molecular complexity index is 431. The Labute approximate surface area is 132 Å². The molecule has 1 aromatic rings. The molecule has 0 unspecified atom stereocenters. The van der Waals surface area contributed by atoms with Gasteiger partial charge in [-0.05, 0) is 44.9 Å². The van der Waals surface area contributed by atoms with Crippen LogP contribution in [0.5, 0.6) is 11.5 Å². The van der Waals surface area contributed by atoms with Gasteiger partial charge in [-0.2, -0.15) is 11.8 Å². The van der Waals surface area contributed by atoms with Crippen LogP contribution in [0.15, 0.2) is 18.2 Å². The molecule has 0 atom stereocenters. The number of ether oxygens (including phenoxy) is 2. The lowest BCUT2D eigenvalue weighted by Crippen LogP contribution is -2.33. The average molecular weight is 309 g/mol. The highest BCUT2D eigenvalue weighted by Gasteiger charge is 2.20. The highest BCUT2D eigenvalue weighted by Crippen LogP contribution is 2.32. The smallest absolute Gasteiger partial charge is 0.165 e. The van der Waals surface area contributed by atoms with Crippen LogP contribution in [0.25, 0.3) is 0 Å². The van der Waals surface area contributed by atoms with E-state index in [0.29, 0.717) is 12.6 Å². The van der Waals surface area contributed by atoms with Crippen LogP contribution in [0.3, 0.4) is 0 Å². The summed E-state index contributed by atoms with van der Waals surface area (Å²) in [5.74, 6) is 1.70. The first kappa shape index (κ1) is 16.5. The molecule has 2 rings (SSSR count). The molecule has 0 aliphatic heterocycles. The van der Waals surface area contributed by atoms with Crippen molar-refractivity contribution in [1.29, 1.82) is 0 Å². The van der Waals surface area contributed by atoms with Crippen molar-refractivity contribution in [3.05, 3.63) is 23.8 Å². The summed E-state index contributed by atoms with van der Waals surface area (Å²) in [4.78, 5) is 0. The zero-order valence-electron chi connectivity index (χ0n) is 13.4. The molecule has 1 fully saturated rings. The van der Waals surface area contributed by atoms with Gasteiger partial charge in [0.25, 0.3) is 0 Å². The Morgan fingerprint density at radius 3 is 2.62 bits per heavy atom. The Morgan fingerprint density at radius 1 is 1.24 bits per heavy atom. The van der Waals surface area contributed by atoms with E-state index in [2.05, 4.69) is 17.6 Å². The van der Waals surface area contributed by atoms with Gasteiger partial charge in [0.05, 0.1) is 13.7 Å². The topological polar surface area (TPSA) is 30.5 Å². The Morgan fingerprint density at radius 2 is 2.00 bits per heavy atom. The van der Waals surface area contributed by atoms with E-state index in [1.54, 1.807) is 7.11 Å². The van der Waals surface area contributed by atoms with Crippen molar-refractivity contribution in [1.82, 2.24) is 5.32 Å². The van der Waals surface area contributed by atoms with E-state index in [9.17, 15) is 0 Å². The summed E-state index contributed by atoms with van der Waals surface area (Å²) >= 11 is 2.01. The van der Waals surface area contributed by atoms with Crippen LogP contribution in [0, 0.1) is 0 Å². The molecule has 0 saturated heterocycles. The summed E-state index contributed by atoms with van der Waals surface area (Å²) in [5.41, 5.74) is 1.18. The Hall–Kier alpha value is -0.870. The molecule has 4 heteroatoms. The molecule has 1 saturated carbocycles. The van der Waals surface area contributed by atoms with Crippen molar-refractivity contribution >= 4 is 11.8 Å². The second-order valence-electron chi connectivity index (χ2n) is 5.47. The van der Waals surface area contributed by atoms with Gasteiger partial charge in [0, 0.05) is 23.4 Å². The van der Waals surface area contributed by atoms with Crippen LogP contribution in [0.4, 0.5) is 0 Å². The van der Waals surface area contributed by atoms with Gasteiger partial charge in [-0.15, -0.1) is 0 Å². The van der Waals surface area contributed by atoms with Gasteiger partial charge < -0.3 is 14.8 Å². The van der Waals surface area contributed by atoms with Crippen LogP contribution in [0.1, 0.15) is 38.2 Å². The molecule has 0 radical (unpaired) electrons. The molecule has 3 nitrogen and oxygen atoms in total. The van der Waals surface area contributed by atoms with Crippen LogP contribution >= 0.6 is 11.8 Å². The van der Waals surface area contributed by atoms with Gasteiger partial charge in [0.2, 0.25) is 0 Å². The van der Waals surface area contributed by atoms with Crippen molar-refractivity contribution in [3.8, 4) is 11.5 Å². The van der Waals surface area contributed by atoms with Crippen molar-refractivity contribution < 1.29 is 9.47 Å². The largest absolute Gasteiger partial charge is 0.493 e. The molecule has 1 aromatic carbocycles. The van der Waals surface area contributed by atoms with Crippen molar-refractivity contribution in [2.45, 2.75) is 50.4 Å². The van der Waals surface area contributed by atoms with E-state index in [1.807, 2.05) is 30.8 Å². The maximum Gasteiger partial charge on any atom is 0.165 e. The molecule has 21 heavy (non-hydrogen) atoms. The molecule has 0 spiro atoms. The zero-order chi connectivity index (χ0) is 15.1. The van der Waals surface area contributed by atoms with E-state index >= 15 is 0 Å². The molecule has 0 amide bonds. The first-order valence-corrected chi connectivity index (χ1v) is 9.12. The van der Waals surface area contributed by atoms with Gasteiger partial charge in [0.1, 0.15) is 0 Å². The maximum atomic E-state index is 5.63. The Balaban J connectivity index is 1.92. The number of nitrogens with one attached hydrogen (secondary N) is 1. The number of benzene rings is 1. The van der Waals surface area contributed by atoms with Gasteiger partial charge >= 0.3 is 0 Å². The van der Waals surface area contributed by atoms with Crippen LogP contribution in [0.2, 0.25) is 0 Å². The fourth-order valence-electron chi connectivity index (χ4n) is 2.96. The summed E-state index contributed by atoms with van der Waals surface area (Å²) in [6.07, 6.45) is 7.43. The molecule has 1 N–H and O–H groups in total. The molecule has 0 aromatic heterocycles. The third-order valence-electron chi connectivity index (χ3n) is 4.15. The Kier molecular flexibility index (Phi) is 6.71. The molecule has 1 aliphatic carbocycles. The first-order valence-electron chi connectivity index (χ1n) is 7.83. The summed E-state index contributed by atoms with van der Waals surface area (Å²) in [6, 6.07) is 6.75. The third kappa shape index (κ3) is 4.55. The minimum Gasteiger partial charge on any atom is -0.493 e. The molecule has 118 valence electrons. The molecular formula is C17H27NO2S. The molecule has 0 bridgehead atoms. The summed E-state index contributed by atoms with van der Waals surface area (Å²) in [6.45, 7) is 3.50. The summed E-state index contributed by atoms with van der Waals surface area (Å²) < 4.78 is 11.2. The minimum atomic E-state index is 0.633. The summed E-state index contributed by atoms with van der Waals surface area (Å²) in [7, 11) is 1.71. The second-order valence-corrected chi connectivity index (χ2v) is 6.61. The zero-order valence-corrected chi connectivity index (χ0v) is 14.2. The quantitative estimate of drug-likeness (QED) is 0.828. The van der Waals surface area contributed by atoms with E-state index in [1.165, 1.54) is 31.2 Å². The van der Waals surface area contributed by atoms with Gasteiger partial charge in [-0.3, -0.25) is 0 Å². The van der Waals surface area contributed by atoms with Crippen molar-refractivity contribution in [2.24, 2.45) is 0 Å². The average Bonchev–Trinajstić information content (AvgIpc) is 2.54. The maximum absolute atomic E-state index is 5.63. The van der Waals surface area contributed by atoms with Gasteiger partial charge in [-0.1, -0.05) is 12.1 Å². The molecular weight excluding hydrogens is 282 g/mol. The predicted molar refractivity (Wildman–Crippen MR) is 90.6 cm³/mol. The van der Waals surface area contributed by atoms with Crippen molar-refractivity contribution in [2.75, 3.05) is 20.0 Å². The first-order chi connectivity index (χ1) is 10.3. The molecule has 0 heterocycles. The van der Waals surface area contributed by atoms with Crippen LogP contribution < -0.4 is 14.8 Å². The van der Waals surface area contributed by atoms with Gasteiger partial charge in [0.15, 0.2) is 11.5 Å². The van der Waals surface area contributed by atoms with E-state index in [0.717, 1.165) is 23.3 Å². The summed E-state index contributed by atoms with van der Waals surface area (Å²) in [5, 5.41) is 4.54.